The van der Waals surface area contributed by atoms with Gasteiger partial charge in [-0.15, -0.1) is 0 Å². The van der Waals surface area contributed by atoms with Crippen LogP contribution in [0.4, 0.5) is 5.69 Å². The number of ether oxygens (including phenoxy) is 1. The molecular formula is C17H15N3O2. The van der Waals surface area contributed by atoms with Crippen molar-refractivity contribution in [2.24, 2.45) is 0 Å². The van der Waals surface area contributed by atoms with E-state index in [0.29, 0.717) is 11.3 Å². The van der Waals surface area contributed by atoms with Gasteiger partial charge in [-0.25, -0.2) is 4.68 Å². The molecule has 0 aliphatic carbocycles. The molecule has 0 aliphatic heterocycles. The zero-order valence-electron chi connectivity index (χ0n) is 12.1. The van der Waals surface area contributed by atoms with Crippen LogP contribution in [-0.2, 0) is 0 Å². The standard InChI is InChI=1S/C17H15N3O2/c1-22-16-5-2-4-13(12-16)17(21)19-14-6-8-15(9-7-14)20-11-3-10-18-20/h2-12H,1H3,(H,19,21). The fraction of sp³-hybridized carbons (Fsp3) is 0.0588. The van der Waals surface area contributed by atoms with Gasteiger partial charge in [0, 0.05) is 23.6 Å². The molecule has 110 valence electrons. The van der Waals surface area contributed by atoms with Gasteiger partial charge in [0.2, 0.25) is 0 Å². The lowest BCUT2D eigenvalue weighted by atomic mass is 10.2. The molecule has 0 saturated heterocycles. The first-order valence-corrected chi connectivity index (χ1v) is 6.82. The molecule has 1 heterocycles. The molecule has 0 fully saturated rings. The number of carbonyl (C=O) groups is 1. The predicted octanol–water partition coefficient (Wildman–Crippen LogP) is 3.13. The van der Waals surface area contributed by atoms with Gasteiger partial charge >= 0.3 is 0 Å². The lowest BCUT2D eigenvalue weighted by Crippen LogP contribution is -2.11. The fourth-order valence-electron chi connectivity index (χ4n) is 2.09. The molecule has 3 aromatic rings. The van der Waals surface area contributed by atoms with Gasteiger partial charge in [-0.3, -0.25) is 4.79 Å². The maximum absolute atomic E-state index is 12.2. The van der Waals surface area contributed by atoms with Crippen molar-refractivity contribution in [3.8, 4) is 11.4 Å². The first-order valence-electron chi connectivity index (χ1n) is 6.82. The van der Waals surface area contributed by atoms with Gasteiger partial charge in [-0.1, -0.05) is 6.07 Å². The monoisotopic (exact) mass is 293 g/mol. The molecule has 22 heavy (non-hydrogen) atoms. The van der Waals surface area contributed by atoms with Crippen molar-refractivity contribution in [1.29, 1.82) is 0 Å². The molecule has 0 bridgehead atoms. The molecule has 0 unspecified atom stereocenters. The highest BCUT2D eigenvalue weighted by Crippen LogP contribution is 2.16. The summed E-state index contributed by atoms with van der Waals surface area (Å²) in [4.78, 5) is 12.2. The zero-order chi connectivity index (χ0) is 15.4. The molecule has 1 amide bonds. The number of aromatic nitrogens is 2. The second kappa shape index (κ2) is 6.13. The van der Waals surface area contributed by atoms with Crippen molar-refractivity contribution in [2.45, 2.75) is 0 Å². The third-order valence-corrected chi connectivity index (χ3v) is 3.23. The van der Waals surface area contributed by atoms with Gasteiger partial charge < -0.3 is 10.1 Å². The topological polar surface area (TPSA) is 56.1 Å². The van der Waals surface area contributed by atoms with Crippen molar-refractivity contribution < 1.29 is 9.53 Å². The maximum atomic E-state index is 12.2. The van der Waals surface area contributed by atoms with Gasteiger partial charge in [-0.2, -0.15) is 5.10 Å². The Labute approximate surface area is 128 Å². The Hall–Kier alpha value is -3.08. The normalized spacial score (nSPS) is 10.2. The van der Waals surface area contributed by atoms with Crippen LogP contribution in [0.25, 0.3) is 5.69 Å². The van der Waals surface area contributed by atoms with Gasteiger partial charge in [0.05, 0.1) is 12.8 Å². The number of carbonyl (C=O) groups excluding carboxylic acids is 1. The highest BCUT2D eigenvalue weighted by Gasteiger charge is 2.07. The second-order valence-electron chi connectivity index (χ2n) is 4.68. The van der Waals surface area contributed by atoms with Crippen LogP contribution in [0.3, 0.4) is 0 Å². The number of nitrogens with one attached hydrogen (secondary N) is 1. The fourth-order valence-corrected chi connectivity index (χ4v) is 2.09. The third kappa shape index (κ3) is 2.98. The molecule has 1 N–H and O–H groups in total. The Morgan fingerprint density at radius 3 is 2.64 bits per heavy atom. The van der Waals surface area contributed by atoms with E-state index in [1.165, 1.54) is 0 Å². The number of hydrogen-bond acceptors (Lipinski definition) is 3. The van der Waals surface area contributed by atoms with Crippen LogP contribution in [0.1, 0.15) is 10.4 Å². The van der Waals surface area contributed by atoms with E-state index < -0.39 is 0 Å². The minimum Gasteiger partial charge on any atom is -0.497 e. The first-order chi connectivity index (χ1) is 10.8. The molecule has 1 aromatic heterocycles. The first kappa shape index (κ1) is 13.9. The summed E-state index contributed by atoms with van der Waals surface area (Å²) in [6, 6.07) is 16.4. The Morgan fingerprint density at radius 2 is 1.95 bits per heavy atom. The Bertz CT molecular complexity index is 765. The summed E-state index contributed by atoms with van der Waals surface area (Å²) in [6.07, 6.45) is 3.59. The maximum Gasteiger partial charge on any atom is 0.255 e. The highest BCUT2D eigenvalue weighted by atomic mass is 16.5. The summed E-state index contributed by atoms with van der Waals surface area (Å²) in [5.74, 6) is 0.479. The SMILES string of the molecule is COc1cccc(C(=O)Nc2ccc(-n3cccn3)cc2)c1. The van der Waals surface area contributed by atoms with E-state index >= 15 is 0 Å². The predicted molar refractivity (Wildman–Crippen MR) is 84.5 cm³/mol. The average molecular weight is 293 g/mol. The molecule has 0 saturated carbocycles. The minimum absolute atomic E-state index is 0.175. The number of amides is 1. The smallest absolute Gasteiger partial charge is 0.255 e. The summed E-state index contributed by atoms with van der Waals surface area (Å²) in [6.45, 7) is 0. The van der Waals surface area contributed by atoms with E-state index in [4.69, 9.17) is 4.74 Å². The number of hydrogen-bond donors (Lipinski definition) is 1. The van der Waals surface area contributed by atoms with Crippen LogP contribution in [0.2, 0.25) is 0 Å². The van der Waals surface area contributed by atoms with Gasteiger partial charge in [0.15, 0.2) is 0 Å². The molecule has 0 radical (unpaired) electrons. The van der Waals surface area contributed by atoms with E-state index in [9.17, 15) is 4.79 Å². The molecule has 5 heteroatoms. The molecule has 0 aliphatic rings. The quantitative estimate of drug-likeness (QED) is 0.804. The van der Waals surface area contributed by atoms with Crippen LogP contribution >= 0.6 is 0 Å². The number of methoxy groups -OCH3 is 1. The Kier molecular flexibility index (Phi) is 3.87. The van der Waals surface area contributed by atoms with E-state index in [0.717, 1.165) is 11.4 Å². The van der Waals surface area contributed by atoms with Crippen LogP contribution < -0.4 is 10.1 Å². The van der Waals surface area contributed by atoms with Crippen LogP contribution in [0, 0.1) is 0 Å². The highest BCUT2D eigenvalue weighted by molar-refractivity contribution is 6.04. The summed E-state index contributed by atoms with van der Waals surface area (Å²) in [5, 5.41) is 7.02. The third-order valence-electron chi connectivity index (χ3n) is 3.23. The number of anilines is 1. The van der Waals surface area contributed by atoms with E-state index in [1.54, 1.807) is 42.3 Å². The minimum atomic E-state index is -0.175. The van der Waals surface area contributed by atoms with Crippen molar-refractivity contribution >= 4 is 11.6 Å². The van der Waals surface area contributed by atoms with Crippen molar-refractivity contribution in [2.75, 3.05) is 12.4 Å². The van der Waals surface area contributed by atoms with Crippen molar-refractivity contribution in [1.82, 2.24) is 9.78 Å². The summed E-state index contributed by atoms with van der Waals surface area (Å²) < 4.78 is 6.88. The summed E-state index contributed by atoms with van der Waals surface area (Å²) >= 11 is 0. The zero-order valence-corrected chi connectivity index (χ0v) is 12.1. The number of rotatable bonds is 4. The van der Waals surface area contributed by atoms with Crippen molar-refractivity contribution in [3.05, 3.63) is 72.6 Å². The van der Waals surface area contributed by atoms with Crippen LogP contribution in [0.15, 0.2) is 67.0 Å². The molecule has 0 atom stereocenters. The van der Waals surface area contributed by atoms with Gasteiger partial charge in [0.25, 0.3) is 5.91 Å². The van der Waals surface area contributed by atoms with Gasteiger partial charge in [0.1, 0.15) is 5.75 Å². The summed E-state index contributed by atoms with van der Waals surface area (Å²) in [7, 11) is 1.57. The largest absolute Gasteiger partial charge is 0.497 e. The molecule has 5 nitrogen and oxygen atoms in total. The Balaban J connectivity index is 1.74. The lowest BCUT2D eigenvalue weighted by molar-refractivity contribution is 0.102. The van der Waals surface area contributed by atoms with E-state index in [1.807, 2.05) is 36.5 Å². The van der Waals surface area contributed by atoms with E-state index in [-0.39, 0.29) is 5.91 Å². The second-order valence-corrected chi connectivity index (χ2v) is 4.68. The summed E-state index contributed by atoms with van der Waals surface area (Å²) in [5.41, 5.74) is 2.21. The average Bonchev–Trinajstić information content (AvgIpc) is 3.10. The lowest BCUT2D eigenvalue weighted by Gasteiger charge is -2.08. The molecule has 0 spiro atoms. The van der Waals surface area contributed by atoms with Crippen molar-refractivity contribution in [3.63, 3.8) is 0 Å². The van der Waals surface area contributed by atoms with Crippen LogP contribution in [0.5, 0.6) is 5.75 Å². The molecule has 3 rings (SSSR count). The van der Waals surface area contributed by atoms with Crippen LogP contribution in [-0.4, -0.2) is 22.8 Å². The molecular weight excluding hydrogens is 278 g/mol. The number of nitrogens with zero attached hydrogens (tertiary/aromatic N) is 2. The Morgan fingerprint density at radius 1 is 1.14 bits per heavy atom. The number of benzene rings is 2. The van der Waals surface area contributed by atoms with E-state index in [2.05, 4.69) is 10.4 Å². The van der Waals surface area contributed by atoms with Gasteiger partial charge in [-0.05, 0) is 48.5 Å². The molecule has 2 aromatic carbocycles.